The molecule has 0 spiro atoms. The Balaban J connectivity index is 2.89. The minimum absolute atomic E-state index is 0.117. The van der Waals surface area contributed by atoms with Crippen molar-refractivity contribution in [3.8, 4) is 18.1 Å². The minimum Gasteiger partial charge on any atom is -0.507 e. The molecule has 0 aliphatic rings. The summed E-state index contributed by atoms with van der Waals surface area (Å²) in [6.07, 6.45) is 5.85. The summed E-state index contributed by atoms with van der Waals surface area (Å²) < 4.78 is 0. The molecule has 1 aromatic rings. The van der Waals surface area contributed by atoms with Crippen molar-refractivity contribution >= 4 is 17.5 Å². The number of aromatic hydroxyl groups is 1. The van der Waals surface area contributed by atoms with Crippen LogP contribution < -0.4 is 5.32 Å². The standard InChI is InChI=1S/C12H12ClNO2/c1-3-9(4-2)14-12(16)10-7-8(13)5-6-11(10)15/h1,5-7,9,15H,4H2,2H3,(H,14,16). The first-order valence-corrected chi connectivity index (χ1v) is 5.21. The average molecular weight is 238 g/mol. The predicted molar refractivity (Wildman–Crippen MR) is 63.5 cm³/mol. The molecule has 3 nitrogen and oxygen atoms in total. The second-order valence-electron chi connectivity index (χ2n) is 3.26. The second-order valence-corrected chi connectivity index (χ2v) is 3.70. The van der Waals surface area contributed by atoms with Crippen molar-refractivity contribution in [3.63, 3.8) is 0 Å². The summed E-state index contributed by atoms with van der Waals surface area (Å²) in [5, 5.41) is 12.5. The van der Waals surface area contributed by atoms with Gasteiger partial charge in [0, 0.05) is 5.02 Å². The van der Waals surface area contributed by atoms with E-state index in [-0.39, 0.29) is 17.4 Å². The first-order valence-electron chi connectivity index (χ1n) is 4.84. The fraction of sp³-hybridized carbons (Fsp3) is 0.250. The van der Waals surface area contributed by atoms with Gasteiger partial charge in [-0.2, -0.15) is 0 Å². The fourth-order valence-corrected chi connectivity index (χ4v) is 1.36. The summed E-state index contributed by atoms with van der Waals surface area (Å²) in [6.45, 7) is 1.86. The van der Waals surface area contributed by atoms with Gasteiger partial charge in [-0.05, 0) is 24.6 Å². The highest BCUT2D eigenvalue weighted by Crippen LogP contribution is 2.21. The van der Waals surface area contributed by atoms with E-state index in [1.54, 1.807) is 0 Å². The van der Waals surface area contributed by atoms with Gasteiger partial charge in [0.15, 0.2) is 0 Å². The number of amides is 1. The zero-order valence-electron chi connectivity index (χ0n) is 8.83. The number of terminal acetylenes is 1. The van der Waals surface area contributed by atoms with Crippen LogP contribution in [0.4, 0.5) is 0 Å². The maximum absolute atomic E-state index is 11.7. The van der Waals surface area contributed by atoms with Gasteiger partial charge in [-0.3, -0.25) is 4.79 Å². The van der Waals surface area contributed by atoms with E-state index in [1.807, 2.05) is 6.92 Å². The van der Waals surface area contributed by atoms with Crippen LogP contribution in [0.5, 0.6) is 5.75 Å². The van der Waals surface area contributed by atoms with Crippen LogP contribution in [-0.4, -0.2) is 17.1 Å². The molecule has 1 amide bonds. The number of phenolic OH excluding ortho intramolecular Hbond substituents is 1. The molecular formula is C12H12ClNO2. The molecule has 0 fully saturated rings. The summed E-state index contributed by atoms with van der Waals surface area (Å²) in [6, 6.07) is 3.93. The van der Waals surface area contributed by atoms with Crippen molar-refractivity contribution < 1.29 is 9.90 Å². The lowest BCUT2D eigenvalue weighted by atomic mass is 10.1. The summed E-state index contributed by atoms with van der Waals surface area (Å²) in [7, 11) is 0. The quantitative estimate of drug-likeness (QED) is 0.792. The van der Waals surface area contributed by atoms with Crippen LogP contribution >= 0.6 is 11.6 Å². The Morgan fingerprint density at radius 1 is 1.69 bits per heavy atom. The van der Waals surface area contributed by atoms with Gasteiger partial charge < -0.3 is 10.4 Å². The molecule has 1 rings (SSSR count). The number of halogens is 1. The number of carbonyl (C=O) groups is 1. The molecule has 16 heavy (non-hydrogen) atoms. The summed E-state index contributed by atoms with van der Waals surface area (Å²) in [5.41, 5.74) is 0.126. The molecule has 0 aliphatic heterocycles. The number of rotatable bonds is 3. The zero-order chi connectivity index (χ0) is 12.1. The molecule has 84 valence electrons. The topological polar surface area (TPSA) is 49.3 Å². The highest BCUT2D eigenvalue weighted by Gasteiger charge is 2.14. The third-order valence-electron chi connectivity index (χ3n) is 2.12. The van der Waals surface area contributed by atoms with E-state index in [4.69, 9.17) is 18.0 Å². The minimum atomic E-state index is -0.426. The number of hydrogen-bond donors (Lipinski definition) is 2. The van der Waals surface area contributed by atoms with Crippen LogP contribution in [0, 0.1) is 12.3 Å². The van der Waals surface area contributed by atoms with E-state index in [1.165, 1.54) is 18.2 Å². The number of nitrogens with one attached hydrogen (secondary N) is 1. The largest absolute Gasteiger partial charge is 0.507 e. The van der Waals surface area contributed by atoms with Crippen LogP contribution in [0.3, 0.4) is 0 Å². The molecule has 0 aliphatic carbocycles. The van der Waals surface area contributed by atoms with Gasteiger partial charge in [-0.1, -0.05) is 24.4 Å². The number of phenols is 1. The molecule has 0 radical (unpaired) electrons. The molecule has 0 bridgehead atoms. The van der Waals surface area contributed by atoms with Gasteiger partial charge in [-0.15, -0.1) is 6.42 Å². The molecule has 2 N–H and O–H groups in total. The molecule has 1 unspecified atom stereocenters. The van der Waals surface area contributed by atoms with Gasteiger partial charge in [-0.25, -0.2) is 0 Å². The lowest BCUT2D eigenvalue weighted by Gasteiger charge is -2.11. The van der Waals surface area contributed by atoms with Crippen LogP contribution in [-0.2, 0) is 0 Å². The highest BCUT2D eigenvalue weighted by molar-refractivity contribution is 6.31. The van der Waals surface area contributed by atoms with E-state index in [9.17, 15) is 9.90 Å². The fourth-order valence-electron chi connectivity index (χ4n) is 1.19. The monoisotopic (exact) mass is 237 g/mol. The van der Waals surface area contributed by atoms with Crippen molar-refractivity contribution in [2.24, 2.45) is 0 Å². The van der Waals surface area contributed by atoms with E-state index < -0.39 is 5.91 Å². The molecule has 1 aromatic carbocycles. The first kappa shape index (κ1) is 12.4. The molecule has 1 atom stereocenters. The zero-order valence-corrected chi connectivity index (χ0v) is 9.58. The van der Waals surface area contributed by atoms with Crippen LogP contribution in [0.15, 0.2) is 18.2 Å². The Bertz CT molecular complexity index is 437. The van der Waals surface area contributed by atoms with Crippen molar-refractivity contribution in [3.05, 3.63) is 28.8 Å². The summed E-state index contributed by atoms with van der Waals surface area (Å²) >= 11 is 5.73. The van der Waals surface area contributed by atoms with Crippen LogP contribution in [0.25, 0.3) is 0 Å². The Morgan fingerprint density at radius 3 is 2.94 bits per heavy atom. The third kappa shape index (κ3) is 2.91. The smallest absolute Gasteiger partial charge is 0.256 e. The molecular weight excluding hydrogens is 226 g/mol. The SMILES string of the molecule is C#CC(CC)NC(=O)c1cc(Cl)ccc1O. The Hall–Kier alpha value is -1.66. The van der Waals surface area contributed by atoms with E-state index in [0.717, 1.165) is 0 Å². The van der Waals surface area contributed by atoms with Crippen molar-refractivity contribution in [2.45, 2.75) is 19.4 Å². The second kappa shape index (κ2) is 5.43. The molecule has 4 heteroatoms. The van der Waals surface area contributed by atoms with Gasteiger partial charge in [0.05, 0.1) is 11.6 Å². The van der Waals surface area contributed by atoms with Crippen LogP contribution in [0.2, 0.25) is 5.02 Å². The number of hydrogen-bond acceptors (Lipinski definition) is 2. The van der Waals surface area contributed by atoms with E-state index in [2.05, 4.69) is 11.2 Å². The van der Waals surface area contributed by atoms with Crippen molar-refractivity contribution in [1.82, 2.24) is 5.32 Å². The molecule has 0 saturated heterocycles. The Labute approximate surface area is 99.4 Å². The van der Waals surface area contributed by atoms with Gasteiger partial charge in [0.1, 0.15) is 5.75 Å². The number of benzene rings is 1. The summed E-state index contributed by atoms with van der Waals surface area (Å²) in [5.74, 6) is 1.90. The lowest BCUT2D eigenvalue weighted by molar-refractivity contribution is 0.0942. The third-order valence-corrected chi connectivity index (χ3v) is 2.35. The normalized spacial score (nSPS) is 11.6. The summed E-state index contributed by atoms with van der Waals surface area (Å²) in [4.78, 5) is 11.7. The van der Waals surface area contributed by atoms with Gasteiger partial charge in [0.2, 0.25) is 0 Å². The van der Waals surface area contributed by atoms with Gasteiger partial charge >= 0.3 is 0 Å². The lowest BCUT2D eigenvalue weighted by Crippen LogP contribution is -2.33. The molecule has 0 aromatic heterocycles. The maximum atomic E-state index is 11.7. The molecule has 0 heterocycles. The predicted octanol–water partition coefficient (Wildman–Crippen LogP) is 2.19. The average Bonchev–Trinajstić information content (AvgIpc) is 2.28. The number of carbonyl (C=O) groups excluding carboxylic acids is 1. The Morgan fingerprint density at radius 2 is 2.38 bits per heavy atom. The van der Waals surface area contributed by atoms with Gasteiger partial charge in [0.25, 0.3) is 5.91 Å². The van der Waals surface area contributed by atoms with Crippen LogP contribution in [0.1, 0.15) is 23.7 Å². The van der Waals surface area contributed by atoms with E-state index in [0.29, 0.717) is 11.4 Å². The molecule has 0 saturated carbocycles. The Kier molecular flexibility index (Phi) is 4.21. The van der Waals surface area contributed by atoms with Crippen molar-refractivity contribution in [2.75, 3.05) is 0 Å². The maximum Gasteiger partial charge on any atom is 0.256 e. The highest BCUT2D eigenvalue weighted by atomic mass is 35.5. The first-order chi connectivity index (χ1) is 7.58. The van der Waals surface area contributed by atoms with Crippen molar-refractivity contribution in [1.29, 1.82) is 0 Å². The van der Waals surface area contributed by atoms with E-state index >= 15 is 0 Å².